The molecule has 0 fully saturated rings. The van der Waals surface area contributed by atoms with Crippen LogP contribution in [0.25, 0.3) is 0 Å². The number of aryl methyl sites for hydroxylation is 1. The van der Waals surface area contributed by atoms with Crippen LogP contribution in [0.3, 0.4) is 0 Å². The fourth-order valence-electron chi connectivity index (χ4n) is 3.27. The Bertz CT molecular complexity index is 608. The normalized spacial score (nSPS) is 11.5. The Balaban J connectivity index is 1.95. The Morgan fingerprint density at radius 2 is 1.28 bits per heavy atom. The van der Waals surface area contributed by atoms with Gasteiger partial charge in [0, 0.05) is 11.4 Å². The Morgan fingerprint density at radius 3 is 1.84 bits per heavy atom. The Morgan fingerprint density at radius 1 is 0.720 bits per heavy atom. The Hall–Kier alpha value is -1.76. The first-order valence-electron chi connectivity index (χ1n) is 10.0. The number of nitrogens with one attached hydrogen (secondary N) is 1. The zero-order valence-corrected chi connectivity index (χ0v) is 16.6. The lowest BCUT2D eigenvalue weighted by molar-refractivity contribution is 0.450. The molecule has 0 atom stereocenters. The molecule has 0 saturated carbocycles. The summed E-state index contributed by atoms with van der Waals surface area (Å²) < 4.78 is 0. The van der Waals surface area contributed by atoms with E-state index in [2.05, 4.69) is 81.5 Å². The molecule has 136 valence electrons. The largest absolute Gasteiger partial charge is 0.356 e. The molecule has 2 aromatic rings. The van der Waals surface area contributed by atoms with Gasteiger partial charge in [0.05, 0.1) is 0 Å². The summed E-state index contributed by atoms with van der Waals surface area (Å²) in [4.78, 5) is 0. The van der Waals surface area contributed by atoms with E-state index in [1.165, 1.54) is 56.1 Å². The molecule has 0 aliphatic carbocycles. The Kier molecular flexibility index (Phi) is 7.55. The molecule has 0 aromatic heterocycles. The third-order valence-electron chi connectivity index (χ3n) is 5.13. The van der Waals surface area contributed by atoms with Gasteiger partial charge < -0.3 is 5.32 Å². The van der Waals surface area contributed by atoms with Crippen molar-refractivity contribution in [1.82, 2.24) is 0 Å². The molecule has 0 bridgehead atoms. The molecule has 1 N–H and O–H groups in total. The molecule has 0 radical (unpaired) electrons. The summed E-state index contributed by atoms with van der Waals surface area (Å²) in [6.07, 6.45) is 8.89. The van der Waals surface area contributed by atoms with E-state index in [0.717, 1.165) is 11.4 Å². The Labute approximate surface area is 154 Å². The van der Waals surface area contributed by atoms with Crippen molar-refractivity contribution in [3.8, 4) is 0 Å². The molecule has 0 unspecified atom stereocenters. The molecular formula is C24H35N. The lowest BCUT2D eigenvalue weighted by atomic mass is 9.80. The molecule has 0 saturated heterocycles. The highest BCUT2D eigenvalue weighted by atomic mass is 14.9. The van der Waals surface area contributed by atoms with E-state index < -0.39 is 0 Å². The summed E-state index contributed by atoms with van der Waals surface area (Å²) in [5.41, 5.74) is 5.44. The van der Waals surface area contributed by atoms with Crippen LogP contribution >= 0.6 is 0 Å². The van der Waals surface area contributed by atoms with Crippen LogP contribution < -0.4 is 5.32 Å². The summed E-state index contributed by atoms with van der Waals surface area (Å²) in [6.45, 7) is 9.23. The zero-order chi connectivity index (χ0) is 18.1. The van der Waals surface area contributed by atoms with E-state index in [9.17, 15) is 0 Å². The lowest BCUT2D eigenvalue weighted by Crippen LogP contribution is -2.16. The van der Waals surface area contributed by atoms with Gasteiger partial charge in [0.1, 0.15) is 0 Å². The van der Waals surface area contributed by atoms with Crippen molar-refractivity contribution in [2.24, 2.45) is 0 Å². The maximum absolute atomic E-state index is 3.52. The van der Waals surface area contributed by atoms with Crippen LogP contribution in [0.1, 0.15) is 77.3 Å². The minimum absolute atomic E-state index is 0.259. The number of unbranched alkanes of at least 4 members (excludes halogenated alkanes) is 3. The van der Waals surface area contributed by atoms with Crippen LogP contribution in [0.4, 0.5) is 11.4 Å². The van der Waals surface area contributed by atoms with Crippen molar-refractivity contribution in [3.05, 3.63) is 59.7 Å². The van der Waals surface area contributed by atoms with Crippen LogP contribution in [0.2, 0.25) is 0 Å². The predicted octanol–water partition coefficient (Wildman–Crippen LogP) is 7.63. The SMILES string of the molecule is CCCCCC(C)(C)c1ccc(Nc2ccc(CCCC)cc2)cc1. The fraction of sp³-hybridized carbons (Fsp3) is 0.500. The summed E-state index contributed by atoms with van der Waals surface area (Å²) >= 11 is 0. The molecule has 1 nitrogen and oxygen atoms in total. The molecule has 1 heteroatoms. The molecule has 25 heavy (non-hydrogen) atoms. The topological polar surface area (TPSA) is 12.0 Å². The van der Waals surface area contributed by atoms with E-state index in [-0.39, 0.29) is 5.41 Å². The van der Waals surface area contributed by atoms with E-state index in [4.69, 9.17) is 0 Å². The van der Waals surface area contributed by atoms with E-state index in [1.54, 1.807) is 0 Å². The van der Waals surface area contributed by atoms with Crippen LogP contribution in [0.15, 0.2) is 48.5 Å². The average Bonchev–Trinajstić information content (AvgIpc) is 2.62. The highest BCUT2D eigenvalue weighted by Crippen LogP contribution is 2.30. The third-order valence-corrected chi connectivity index (χ3v) is 5.13. The van der Waals surface area contributed by atoms with Crippen LogP contribution in [-0.2, 0) is 11.8 Å². The minimum atomic E-state index is 0.259. The molecule has 0 heterocycles. The molecular weight excluding hydrogens is 302 g/mol. The first-order valence-corrected chi connectivity index (χ1v) is 10.0. The van der Waals surface area contributed by atoms with Gasteiger partial charge in [0.2, 0.25) is 0 Å². The van der Waals surface area contributed by atoms with Gasteiger partial charge in [-0.2, -0.15) is 0 Å². The number of rotatable bonds is 10. The number of hydrogen-bond acceptors (Lipinski definition) is 1. The van der Waals surface area contributed by atoms with Gasteiger partial charge in [-0.15, -0.1) is 0 Å². The van der Waals surface area contributed by atoms with E-state index >= 15 is 0 Å². The second kappa shape index (κ2) is 9.65. The highest BCUT2D eigenvalue weighted by molar-refractivity contribution is 5.60. The van der Waals surface area contributed by atoms with Crippen LogP contribution in [0.5, 0.6) is 0 Å². The maximum atomic E-state index is 3.52. The van der Waals surface area contributed by atoms with E-state index in [0.29, 0.717) is 0 Å². The monoisotopic (exact) mass is 337 g/mol. The fourth-order valence-corrected chi connectivity index (χ4v) is 3.27. The zero-order valence-electron chi connectivity index (χ0n) is 16.6. The summed E-state index contributed by atoms with van der Waals surface area (Å²) in [6, 6.07) is 17.8. The van der Waals surface area contributed by atoms with Gasteiger partial charge in [0.25, 0.3) is 0 Å². The molecule has 0 aliphatic heterocycles. The van der Waals surface area contributed by atoms with Crippen molar-refractivity contribution >= 4 is 11.4 Å². The molecule has 0 amide bonds. The highest BCUT2D eigenvalue weighted by Gasteiger charge is 2.19. The number of anilines is 2. The minimum Gasteiger partial charge on any atom is -0.356 e. The average molecular weight is 338 g/mol. The summed E-state index contributed by atoms with van der Waals surface area (Å²) in [7, 11) is 0. The van der Waals surface area contributed by atoms with Gasteiger partial charge in [-0.25, -0.2) is 0 Å². The first-order chi connectivity index (χ1) is 12.0. The van der Waals surface area contributed by atoms with Gasteiger partial charge in [-0.3, -0.25) is 0 Å². The standard InChI is InChI=1S/C24H35N/c1-5-7-9-19-24(3,4)21-13-17-23(18-14-21)25-22-15-11-20(12-16-22)10-8-6-2/h11-18,25H,5-10,19H2,1-4H3. The quantitative estimate of drug-likeness (QED) is 0.439. The molecule has 0 spiro atoms. The number of hydrogen-bond donors (Lipinski definition) is 1. The van der Waals surface area contributed by atoms with Crippen molar-refractivity contribution in [3.63, 3.8) is 0 Å². The summed E-state index contributed by atoms with van der Waals surface area (Å²) in [5.74, 6) is 0. The van der Waals surface area contributed by atoms with Crippen LogP contribution in [-0.4, -0.2) is 0 Å². The second-order valence-electron chi connectivity index (χ2n) is 7.84. The van der Waals surface area contributed by atoms with Crippen molar-refractivity contribution in [2.75, 3.05) is 5.32 Å². The maximum Gasteiger partial charge on any atom is 0.0384 e. The molecule has 2 aromatic carbocycles. The third kappa shape index (κ3) is 6.23. The van der Waals surface area contributed by atoms with Crippen LogP contribution in [0, 0.1) is 0 Å². The lowest BCUT2D eigenvalue weighted by Gasteiger charge is -2.25. The van der Waals surface area contributed by atoms with E-state index in [1.807, 2.05) is 0 Å². The molecule has 2 rings (SSSR count). The van der Waals surface area contributed by atoms with Crippen molar-refractivity contribution < 1.29 is 0 Å². The second-order valence-corrected chi connectivity index (χ2v) is 7.84. The van der Waals surface area contributed by atoms with Gasteiger partial charge >= 0.3 is 0 Å². The summed E-state index contributed by atoms with van der Waals surface area (Å²) in [5, 5.41) is 3.52. The van der Waals surface area contributed by atoms with Gasteiger partial charge in [-0.05, 0) is 60.1 Å². The smallest absolute Gasteiger partial charge is 0.0384 e. The first kappa shape index (κ1) is 19.6. The number of benzene rings is 2. The predicted molar refractivity (Wildman–Crippen MR) is 112 cm³/mol. The van der Waals surface area contributed by atoms with Gasteiger partial charge in [0.15, 0.2) is 0 Å². The van der Waals surface area contributed by atoms with Crippen molar-refractivity contribution in [1.29, 1.82) is 0 Å². The molecule has 0 aliphatic rings. The van der Waals surface area contributed by atoms with Gasteiger partial charge in [-0.1, -0.05) is 77.6 Å². The van der Waals surface area contributed by atoms with Crippen molar-refractivity contribution in [2.45, 2.75) is 78.1 Å².